The van der Waals surface area contributed by atoms with E-state index in [4.69, 9.17) is 24.7 Å². The van der Waals surface area contributed by atoms with Gasteiger partial charge in [-0.15, -0.1) is 0 Å². The molecule has 26 nitrogen and oxygen atoms in total. The van der Waals surface area contributed by atoms with Gasteiger partial charge in [0.25, 0.3) is 0 Å². The van der Waals surface area contributed by atoms with Gasteiger partial charge < -0.3 is 71.5 Å². The molecular formula is C72H111N11O15. The van der Waals surface area contributed by atoms with E-state index in [9.17, 15) is 53.1 Å². The van der Waals surface area contributed by atoms with E-state index >= 15 is 0 Å². The molecule has 98 heavy (non-hydrogen) atoms. The van der Waals surface area contributed by atoms with Crippen molar-refractivity contribution in [2.75, 3.05) is 65.2 Å². The average molecular weight is 1370 g/mol. The maximum atomic E-state index is 14.8. The fraction of sp³-hybridized carbons (Fsp3) is 0.611. The Labute approximate surface area is 579 Å². The number of hydrogen-bond donors (Lipinski definition) is 8. The van der Waals surface area contributed by atoms with Gasteiger partial charge in [-0.05, 0) is 125 Å². The van der Waals surface area contributed by atoms with Crippen LogP contribution in [0, 0.1) is 29.6 Å². The molecular weight excluding hydrogens is 1260 g/mol. The number of nitrogens with zero attached hydrogens (tertiary/aromatic N) is 4. The number of ether oxygens (including phenoxy) is 4. The van der Waals surface area contributed by atoms with Gasteiger partial charge in [-0.25, -0.2) is 19.2 Å². The minimum atomic E-state index is -1.17. The summed E-state index contributed by atoms with van der Waals surface area (Å²) in [5.41, 5.74) is 7.71. The van der Waals surface area contributed by atoms with Gasteiger partial charge in [0.15, 0.2) is 0 Å². The first-order valence-corrected chi connectivity index (χ1v) is 34.0. The molecule has 1 heterocycles. The number of likely N-dealkylation sites (N-methyl/N-ethyl adjacent to an activating group) is 2. The monoisotopic (exact) mass is 1370 g/mol. The Balaban J connectivity index is 1.35. The molecule has 4 rings (SSSR count). The van der Waals surface area contributed by atoms with Crippen LogP contribution in [0.2, 0.25) is 0 Å². The Morgan fingerprint density at radius 1 is 0.704 bits per heavy atom. The molecule has 3 aromatic carbocycles. The van der Waals surface area contributed by atoms with Gasteiger partial charge in [0.1, 0.15) is 36.4 Å². The SMILES string of the molecule is CC[C@H](C)[C@@H]([C@@H](CC(=O)N1CCCC1[C@H](OC)[C@@H](C)C(=O)N[C@@H](Cc1ccccc1)C(=O)O)OC)N(C)C(=O)C(NC(=O)C(C(C)C)N(C)CCc1ccc(N(C)C(=O)OCc2ccc(NC(=O)C(CCCNC(N)=O)NC(=O)C(NC(=O)OC(C)(C)C)C(C)C)cc2)cc1)C(C)C. The van der Waals surface area contributed by atoms with E-state index in [1.807, 2.05) is 71.7 Å². The maximum absolute atomic E-state index is 14.8. The highest BCUT2D eigenvalue weighted by Crippen LogP contribution is 2.31. The summed E-state index contributed by atoms with van der Waals surface area (Å²) in [7, 11) is 8.14. The summed E-state index contributed by atoms with van der Waals surface area (Å²) in [6.07, 6.45) is -0.0577. The average Bonchev–Trinajstić information content (AvgIpc) is 1.43. The third kappa shape index (κ3) is 25.2. The van der Waals surface area contributed by atoms with Crippen molar-refractivity contribution in [3.63, 3.8) is 0 Å². The lowest BCUT2D eigenvalue weighted by Gasteiger charge is -2.41. The highest BCUT2D eigenvalue weighted by atomic mass is 16.6. The summed E-state index contributed by atoms with van der Waals surface area (Å²) >= 11 is 0. The number of carboxylic acid groups (broad SMARTS) is 1. The lowest BCUT2D eigenvalue weighted by atomic mass is 9.89. The molecule has 5 unspecified atom stereocenters. The number of rotatable bonds is 37. The van der Waals surface area contributed by atoms with Crippen LogP contribution < -0.4 is 42.5 Å². The maximum Gasteiger partial charge on any atom is 0.414 e. The summed E-state index contributed by atoms with van der Waals surface area (Å²) in [5, 5.41) is 26.4. The standard InChI is InChI=1S/C72H111N11O15/c1-18-46(8)61(56(95-16)41-57(84)83-38-23-27-55(83)62(96-17)47(9)63(85)77-54(68(90)91)40-49-24-20-19-21-25-49)82(15)67(89)59(44(4)5)78-66(88)60(45(6)7)80(13)39-36-48-30-34-52(35-31-48)81(14)71(94)97-42-50-28-32-51(33-29-50)75-64(86)53(26-22-37-74-69(73)92)76-65(87)58(43(2)3)79-70(93)98-72(10,11)12/h19-21,24-25,28-35,43-47,53-56,58-62H,18,22-23,26-27,36-42H2,1-17H3,(H,75,86)(H,76,87)(H,77,85)(H,78,88)(H,79,93)(H,90,91)(H3,73,74,92)/t46-,47+,53?,54-,55?,56+,58?,59?,60?,61-,62+/m0/s1. The number of alkyl carbamates (subject to hydrolysis) is 1. The van der Waals surface area contributed by atoms with Gasteiger partial charge in [-0.1, -0.05) is 123 Å². The number of primary amides is 1. The fourth-order valence-electron chi connectivity index (χ4n) is 12.3. The molecule has 0 radical (unpaired) electrons. The zero-order valence-corrected chi connectivity index (χ0v) is 60.6. The van der Waals surface area contributed by atoms with E-state index in [1.165, 1.54) is 19.1 Å². The van der Waals surface area contributed by atoms with Gasteiger partial charge in [0, 0.05) is 65.7 Å². The molecule has 0 bridgehead atoms. The van der Waals surface area contributed by atoms with Gasteiger partial charge in [-0.2, -0.15) is 0 Å². The molecule has 1 saturated heterocycles. The number of carbonyl (C=O) groups excluding carboxylic acids is 9. The molecule has 11 atom stereocenters. The van der Waals surface area contributed by atoms with Crippen molar-refractivity contribution in [3.8, 4) is 0 Å². The Morgan fingerprint density at radius 3 is 1.87 bits per heavy atom. The summed E-state index contributed by atoms with van der Waals surface area (Å²) < 4.78 is 23.0. The van der Waals surface area contributed by atoms with Crippen LogP contribution in [0.3, 0.4) is 0 Å². The Morgan fingerprint density at radius 2 is 1.32 bits per heavy atom. The van der Waals surface area contributed by atoms with Crippen LogP contribution in [0.5, 0.6) is 0 Å². The molecule has 10 amide bonds. The minimum Gasteiger partial charge on any atom is -0.480 e. The molecule has 1 aliphatic heterocycles. The molecule has 1 aliphatic rings. The molecule has 1 fully saturated rings. The zero-order chi connectivity index (χ0) is 73.3. The zero-order valence-electron chi connectivity index (χ0n) is 60.6. The number of anilines is 2. The Bertz CT molecular complexity index is 3090. The fourth-order valence-corrected chi connectivity index (χ4v) is 12.3. The summed E-state index contributed by atoms with van der Waals surface area (Å²) in [6, 6.07) is 16.4. The second-order valence-corrected chi connectivity index (χ2v) is 27.7. The van der Waals surface area contributed by atoms with Crippen LogP contribution in [0.25, 0.3) is 0 Å². The predicted octanol–water partition coefficient (Wildman–Crippen LogP) is 7.25. The molecule has 9 N–H and O–H groups in total. The van der Waals surface area contributed by atoms with E-state index in [0.717, 1.165) is 11.1 Å². The smallest absolute Gasteiger partial charge is 0.414 e. The second kappa shape index (κ2) is 39.3. The first-order valence-electron chi connectivity index (χ1n) is 34.0. The van der Waals surface area contributed by atoms with E-state index in [0.29, 0.717) is 62.1 Å². The number of methoxy groups -OCH3 is 2. The van der Waals surface area contributed by atoms with Crippen LogP contribution >= 0.6 is 0 Å². The van der Waals surface area contributed by atoms with Crippen molar-refractivity contribution < 1.29 is 72.0 Å². The van der Waals surface area contributed by atoms with Crippen molar-refractivity contribution >= 4 is 71.0 Å². The summed E-state index contributed by atoms with van der Waals surface area (Å²) in [6.45, 7) is 22.9. The summed E-state index contributed by atoms with van der Waals surface area (Å²) in [5.74, 6) is -5.49. The third-order valence-electron chi connectivity index (χ3n) is 17.9. The number of nitrogens with two attached hydrogens (primary N) is 1. The Kier molecular flexibility index (Phi) is 32.9. The number of likely N-dealkylation sites (tertiary alicyclic amines) is 1. The van der Waals surface area contributed by atoms with Gasteiger partial charge >= 0.3 is 24.2 Å². The van der Waals surface area contributed by atoms with Crippen LogP contribution in [0.15, 0.2) is 78.9 Å². The van der Waals surface area contributed by atoms with Crippen molar-refractivity contribution in [3.05, 3.63) is 95.6 Å². The molecule has 0 aromatic heterocycles. The van der Waals surface area contributed by atoms with Gasteiger partial charge in [0.05, 0.1) is 42.7 Å². The number of benzene rings is 3. The summed E-state index contributed by atoms with van der Waals surface area (Å²) in [4.78, 5) is 141. The third-order valence-corrected chi connectivity index (χ3v) is 17.9. The number of amides is 10. The van der Waals surface area contributed by atoms with Crippen LogP contribution in [0.1, 0.15) is 138 Å². The molecule has 0 saturated carbocycles. The lowest BCUT2D eigenvalue weighted by molar-refractivity contribution is -0.148. The van der Waals surface area contributed by atoms with Gasteiger partial charge in [-0.3, -0.25) is 38.6 Å². The number of hydrogen-bond acceptors (Lipinski definition) is 15. The van der Waals surface area contributed by atoms with Crippen molar-refractivity contribution in [2.24, 2.45) is 35.3 Å². The largest absolute Gasteiger partial charge is 0.480 e. The minimum absolute atomic E-state index is 0.0816. The topological polar surface area (TPSA) is 339 Å². The highest BCUT2D eigenvalue weighted by Gasteiger charge is 2.44. The van der Waals surface area contributed by atoms with Crippen molar-refractivity contribution in [2.45, 2.75) is 201 Å². The lowest BCUT2D eigenvalue weighted by Crippen LogP contribution is -2.60. The molecule has 26 heteroatoms. The van der Waals surface area contributed by atoms with Crippen molar-refractivity contribution in [1.82, 2.24) is 41.3 Å². The number of carboxylic acids is 1. The number of nitrogens with one attached hydrogen (secondary N) is 6. The van der Waals surface area contributed by atoms with Gasteiger partial charge in [0.2, 0.25) is 35.4 Å². The van der Waals surface area contributed by atoms with E-state index in [2.05, 4.69) is 31.9 Å². The van der Waals surface area contributed by atoms with E-state index in [-0.39, 0.29) is 73.8 Å². The second-order valence-electron chi connectivity index (χ2n) is 27.7. The molecule has 0 aliphatic carbocycles. The van der Waals surface area contributed by atoms with Crippen LogP contribution in [0.4, 0.5) is 25.8 Å². The van der Waals surface area contributed by atoms with E-state index < -0.39 is 108 Å². The van der Waals surface area contributed by atoms with Crippen molar-refractivity contribution in [1.29, 1.82) is 0 Å². The molecule has 3 aromatic rings. The first-order chi connectivity index (χ1) is 46.1. The quantitative estimate of drug-likeness (QED) is 0.0263. The van der Waals surface area contributed by atoms with Crippen LogP contribution in [-0.2, 0) is 72.0 Å². The predicted molar refractivity (Wildman–Crippen MR) is 374 cm³/mol. The van der Waals surface area contributed by atoms with E-state index in [1.54, 1.807) is 126 Å². The molecule has 0 spiro atoms. The normalized spacial score (nSPS) is 16.3. The number of carbonyl (C=O) groups is 10. The first kappa shape index (κ1) is 82.1. The van der Waals surface area contributed by atoms with Crippen LogP contribution in [-0.4, -0.2) is 195 Å². The highest BCUT2D eigenvalue weighted by molar-refractivity contribution is 5.98. The number of urea groups is 1. The molecule has 544 valence electrons. The number of aliphatic carboxylic acids is 1. The Hall–Kier alpha value is -8.36.